The number of ether oxygens (including phenoxy) is 8. The van der Waals surface area contributed by atoms with Crippen LogP contribution in [0.15, 0.2) is 200 Å². The quantitative estimate of drug-likeness (QED) is 0.0672. The first-order valence-electron chi connectivity index (χ1n) is 22.8. The Kier molecular flexibility index (Phi) is 17.6. The molecule has 7 aromatic carbocycles. The molecule has 0 aromatic heterocycles. The van der Waals surface area contributed by atoms with Crippen molar-refractivity contribution >= 4 is 6.09 Å². The van der Waals surface area contributed by atoms with Gasteiger partial charge in [0, 0.05) is 6.54 Å². The van der Waals surface area contributed by atoms with Crippen LogP contribution in [-0.2, 0) is 74.5 Å². The van der Waals surface area contributed by atoms with E-state index in [9.17, 15) is 4.79 Å². The molecule has 1 amide bonds. The maximum absolute atomic E-state index is 14.1. The van der Waals surface area contributed by atoms with Crippen LogP contribution in [0.25, 0.3) is 0 Å². The second-order valence-corrected chi connectivity index (χ2v) is 16.2. The van der Waals surface area contributed by atoms with E-state index in [-0.39, 0.29) is 33.0 Å². The van der Waals surface area contributed by atoms with Crippen LogP contribution in [0.1, 0.15) is 38.9 Å². The second-order valence-electron chi connectivity index (χ2n) is 16.2. The lowest BCUT2D eigenvalue weighted by Gasteiger charge is -2.45. The molecule has 0 unspecified atom stereocenters. The Hall–Kier alpha value is -6.79. The van der Waals surface area contributed by atoms with E-state index in [0.717, 1.165) is 38.9 Å². The van der Waals surface area contributed by atoms with E-state index in [1.807, 2.05) is 200 Å². The Bertz CT molecular complexity index is 2480. The molecule has 1 saturated heterocycles. The van der Waals surface area contributed by atoms with Crippen LogP contribution in [0.5, 0.6) is 11.5 Å². The van der Waals surface area contributed by atoms with E-state index in [1.54, 1.807) is 0 Å². The van der Waals surface area contributed by atoms with Crippen molar-refractivity contribution < 1.29 is 42.7 Å². The smallest absolute Gasteiger partial charge is 0.407 e. The van der Waals surface area contributed by atoms with Crippen molar-refractivity contribution in [2.45, 2.75) is 76.8 Å². The van der Waals surface area contributed by atoms with Gasteiger partial charge in [0.15, 0.2) is 23.9 Å². The number of hydrogen-bond donors (Lipinski definition) is 1. The number of nitrogens with one attached hydrogen (secondary N) is 1. The van der Waals surface area contributed by atoms with Crippen LogP contribution < -0.4 is 14.8 Å². The van der Waals surface area contributed by atoms with Crippen LogP contribution in [-0.4, -0.2) is 50.0 Å². The summed E-state index contributed by atoms with van der Waals surface area (Å²) in [4.78, 5) is 14.1. The largest absolute Gasteiger partial charge is 0.485 e. The first kappa shape index (κ1) is 46.7. The molecule has 7 aromatic rings. The number of amides is 1. The lowest BCUT2D eigenvalue weighted by atomic mass is 9.98. The van der Waals surface area contributed by atoms with Crippen LogP contribution >= 0.6 is 0 Å². The number of hydrogen-bond acceptors (Lipinski definition) is 9. The SMILES string of the molecule is O=C(NCCc1ccc(OCc2ccccc2)c(OCc2ccccc2)c1)O[C@@H]1[C@@H](OCc2ccccc2)[C@H](OCc2ccccc2)O[C@H](COCc2ccccc2)[C@H]1OCc1ccccc1. The predicted octanol–water partition coefficient (Wildman–Crippen LogP) is 10.8. The average molecular weight is 900 g/mol. The Labute approximate surface area is 393 Å². The van der Waals surface area contributed by atoms with E-state index < -0.39 is 36.8 Å². The van der Waals surface area contributed by atoms with E-state index in [1.165, 1.54) is 0 Å². The molecule has 5 atom stereocenters. The Morgan fingerprint density at radius 2 is 0.866 bits per heavy atom. The highest BCUT2D eigenvalue weighted by atomic mass is 16.7. The van der Waals surface area contributed by atoms with E-state index in [0.29, 0.717) is 37.7 Å². The first-order valence-corrected chi connectivity index (χ1v) is 22.8. The van der Waals surface area contributed by atoms with Crippen molar-refractivity contribution in [2.75, 3.05) is 13.2 Å². The fraction of sp³-hybridized carbons (Fsp3) is 0.246. The maximum atomic E-state index is 14.1. The summed E-state index contributed by atoms with van der Waals surface area (Å²) in [6.45, 7) is 2.19. The fourth-order valence-corrected chi connectivity index (χ4v) is 7.70. The van der Waals surface area contributed by atoms with Gasteiger partial charge in [0.2, 0.25) is 0 Å². The van der Waals surface area contributed by atoms with Gasteiger partial charge in [-0.3, -0.25) is 0 Å². The lowest BCUT2D eigenvalue weighted by molar-refractivity contribution is -0.322. The predicted molar refractivity (Wildman–Crippen MR) is 256 cm³/mol. The van der Waals surface area contributed by atoms with E-state index in [4.69, 9.17) is 37.9 Å². The van der Waals surface area contributed by atoms with Crippen molar-refractivity contribution in [3.8, 4) is 11.5 Å². The Balaban J connectivity index is 1.02. The topological polar surface area (TPSA) is 103 Å². The van der Waals surface area contributed by atoms with Crippen molar-refractivity contribution in [3.63, 3.8) is 0 Å². The summed E-state index contributed by atoms with van der Waals surface area (Å²) in [6.07, 6.45) is -4.50. The summed E-state index contributed by atoms with van der Waals surface area (Å²) in [5.74, 6) is 1.24. The van der Waals surface area contributed by atoms with Gasteiger partial charge in [-0.05, 0) is 57.5 Å². The molecule has 8 rings (SSSR count). The molecular weight excluding hydrogens is 843 g/mol. The molecule has 344 valence electrons. The van der Waals surface area contributed by atoms with E-state index >= 15 is 0 Å². The van der Waals surface area contributed by atoms with Crippen molar-refractivity contribution in [2.24, 2.45) is 0 Å². The summed E-state index contributed by atoms with van der Waals surface area (Å²) < 4.78 is 52.1. The molecule has 1 fully saturated rings. The minimum atomic E-state index is -0.980. The van der Waals surface area contributed by atoms with Gasteiger partial charge in [-0.1, -0.05) is 188 Å². The molecule has 1 heterocycles. The molecule has 1 aliphatic heterocycles. The zero-order valence-corrected chi connectivity index (χ0v) is 37.5. The zero-order chi connectivity index (χ0) is 45.7. The number of carbonyl (C=O) groups is 1. The van der Waals surface area contributed by atoms with Crippen LogP contribution in [0.3, 0.4) is 0 Å². The molecule has 0 aliphatic carbocycles. The van der Waals surface area contributed by atoms with Crippen LogP contribution in [0.2, 0.25) is 0 Å². The zero-order valence-electron chi connectivity index (χ0n) is 37.5. The molecule has 0 saturated carbocycles. The number of benzene rings is 7. The fourth-order valence-electron chi connectivity index (χ4n) is 7.70. The van der Waals surface area contributed by atoms with Gasteiger partial charge >= 0.3 is 6.09 Å². The van der Waals surface area contributed by atoms with Crippen molar-refractivity contribution in [1.82, 2.24) is 5.32 Å². The molecule has 1 aliphatic rings. The molecule has 10 heteroatoms. The third kappa shape index (κ3) is 14.6. The van der Waals surface area contributed by atoms with Gasteiger partial charge in [0.25, 0.3) is 0 Å². The Morgan fingerprint density at radius 1 is 0.433 bits per heavy atom. The summed E-state index contributed by atoms with van der Waals surface area (Å²) in [6, 6.07) is 65.3. The van der Waals surface area contributed by atoms with Gasteiger partial charge in [-0.25, -0.2) is 4.79 Å². The third-order valence-electron chi connectivity index (χ3n) is 11.2. The summed E-state index contributed by atoms with van der Waals surface area (Å²) in [7, 11) is 0. The molecule has 0 bridgehead atoms. The molecule has 10 nitrogen and oxygen atoms in total. The molecular formula is C57H57NO9. The minimum absolute atomic E-state index is 0.131. The molecule has 0 radical (unpaired) electrons. The third-order valence-corrected chi connectivity index (χ3v) is 11.2. The highest BCUT2D eigenvalue weighted by Crippen LogP contribution is 2.33. The standard InChI is InChI=1S/C57H57NO9/c59-57(58-34-33-43-31-32-50(61-37-45-21-9-2-10-22-45)51(35-43)62-38-46-23-11-3-12-24-46)67-54-53(63-39-47-25-13-4-14-26-47)52(42-60-36-44-19-7-1-8-20-44)66-56(65-41-49-29-17-6-18-30-49)55(54)64-40-48-27-15-5-16-28-48/h1-32,35,52-56H,33-34,36-42H2,(H,58,59)/t52-,53-,54+,55-,56-/m1/s1. The maximum Gasteiger partial charge on any atom is 0.407 e. The van der Waals surface area contributed by atoms with Gasteiger partial charge in [-0.2, -0.15) is 0 Å². The highest BCUT2D eigenvalue weighted by Gasteiger charge is 2.50. The molecule has 1 N–H and O–H groups in total. The van der Waals surface area contributed by atoms with Gasteiger partial charge in [0.1, 0.15) is 31.5 Å². The lowest BCUT2D eigenvalue weighted by Crippen LogP contribution is -2.62. The molecule has 0 spiro atoms. The summed E-state index contributed by atoms with van der Waals surface area (Å²) >= 11 is 0. The van der Waals surface area contributed by atoms with Crippen LogP contribution in [0.4, 0.5) is 4.79 Å². The summed E-state index contributed by atoms with van der Waals surface area (Å²) in [5, 5.41) is 3.00. The normalized spacial score (nSPS) is 17.9. The second kappa shape index (κ2) is 25.2. The van der Waals surface area contributed by atoms with Crippen molar-refractivity contribution in [1.29, 1.82) is 0 Å². The minimum Gasteiger partial charge on any atom is -0.485 e. The number of alkyl carbamates (subject to hydrolysis) is 1. The summed E-state index contributed by atoms with van der Waals surface area (Å²) in [5.41, 5.74) is 6.88. The van der Waals surface area contributed by atoms with Gasteiger partial charge in [0.05, 0.1) is 33.0 Å². The average Bonchev–Trinajstić information content (AvgIpc) is 3.38. The number of carbonyl (C=O) groups excluding carboxylic acids is 1. The highest BCUT2D eigenvalue weighted by molar-refractivity contribution is 5.67. The van der Waals surface area contributed by atoms with Gasteiger partial charge in [-0.15, -0.1) is 0 Å². The van der Waals surface area contributed by atoms with Crippen molar-refractivity contribution in [3.05, 3.63) is 239 Å². The number of rotatable bonds is 23. The van der Waals surface area contributed by atoms with Crippen LogP contribution in [0, 0.1) is 0 Å². The van der Waals surface area contributed by atoms with Gasteiger partial charge < -0.3 is 43.2 Å². The van der Waals surface area contributed by atoms with E-state index in [2.05, 4.69) is 5.32 Å². The first-order chi connectivity index (χ1) is 33.1. The Morgan fingerprint density at radius 3 is 1.37 bits per heavy atom. The molecule has 67 heavy (non-hydrogen) atoms. The monoisotopic (exact) mass is 899 g/mol.